The Balaban J connectivity index is 1.56. The quantitative estimate of drug-likeness (QED) is 0.849. The first-order chi connectivity index (χ1) is 10.2. The van der Waals surface area contributed by atoms with Crippen LogP contribution in [0.25, 0.3) is 11.4 Å². The summed E-state index contributed by atoms with van der Waals surface area (Å²) in [5, 5.41) is 12.5. The highest BCUT2D eigenvalue weighted by Crippen LogP contribution is 2.71. The van der Waals surface area contributed by atoms with E-state index in [0.29, 0.717) is 6.04 Å². The van der Waals surface area contributed by atoms with Gasteiger partial charge in [-0.15, -0.1) is 5.10 Å². The molecule has 4 atom stereocenters. The van der Waals surface area contributed by atoms with E-state index in [0.717, 1.165) is 45.2 Å². The fourth-order valence-electron chi connectivity index (χ4n) is 4.89. The van der Waals surface area contributed by atoms with Crippen molar-refractivity contribution in [3.8, 4) is 11.4 Å². The zero-order valence-electron chi connectivity index (χ0n) is 11.5. The average molecular weight is 346 g/mol. The van der Waals surface area contributed by atoms with Crippen LogP contribution in [0.4, 0.5) is 5.69 Å². The predicted octanol–water partition coefficient (Wildman–Crippen LogP) is 2.90. The maximum absolute atomic E-state index is 5.92. The molecule has 3 fully saturated rings. The van der Waals surface area contributed by atoms with Crippen LogP contribution in [0.1, 0.15) is 25.3 Å². The summed E-state index contributed by atoms with van der Waals surface area (Å²) in [6.07, 6.45) is 4.24. The standard InChI is InChI=1S/C15H16BrN5/c16-11-4-3-9(17)6-10(11)15-18-19-20-21(15)14-12-7-1-2-8(5-7)13(12)14/h3-4,6-8,12-14H,1-2,5,17H2. The summed E-state index contributed by atoms with van der Waals surface area (Å²) in [6.45, 7) is 0. The van der Waals surface area contributed by atoms with E-state index in [2.05, 4.69) is 36.1 Å². The lowest BCUT2D eigenvalue weighted by molar-refractivity contribution is 0.427. The Morgan fingerprint density at radius 3 is 2.71 bits per heavy atom. The zero-order valence-corrected chi connectivity index (χ0v) is 13.1. The normalized spacial score (nSPS) is 36.0. The molecule has 5 rings (SSSR count). The van der Waals surface area contributed by atoms with E-state index in [1.807, 2.05) is 18.2 Å². The Labute approximate surface area is 131 Å². The Bertz CT molecular complexity index is 711. The third-order valence-electron chi connectivity index (χ3n) is 5.70. The predicted molar refractivity (Wildman–Crippen MR) is 82.2 cm³/mol. The number of tetrazole rings is 1. The van der Waals surface area contributed by atoms with E-state index < -0.39 is 0 Å². The number of rotatable bonds is 2. The lowest BCUT2D eigenvalue weighted by Gasteiger charge is -2.11. The molecule has 2 aromatic rings. The molecule has 3 aliphatic carbocycles. The SMILES string of the molecule is Nc1ccc(Br)c(-c2nnnn2C2C3C4CCC(C4)C32)c1. The highest BCUT2D eigenvalue weighted by atomic mass is 79.9. The molecule has 2 N–H and O–H groups in total. The van der Waals surface area contributed by atoms with E-state index in [4.69, 9.17) is 5.73 Å². The molecule has 0 aliphatic heterocycles. The molecule has 2 bridgehead atoms. The highest BCUT2D eigenvalue weighted by Gasteiger charge is 2.66. The van der Waals surface area contributed by atoms with E-state index >= 15 is 0 Å². The molecule has 5 nitrogen and oxygen atoms in total. The van der Waals surface area contributed by atoms with Crippen molar-refractivity contribution in [3.05, 3.63) is 22.7 Å². The number of nitrogens with two attached hydrogens (primary N) is 1. The van der Waals surface area contributed by atoms with E-state index in [1.54, 1.807) is 0 Å². The van der Waals surface area contributed by atoms with E-state index in [1.165, 1.54) is 19.3 Å². The number of anilines is 1. The first-order valence-electron chi connectivity index (χ1n) is 7.57. The lowest BCUT2D eigenvalue weighted by Crippen LogP contribution is -2.08. The van der Waals surface area contributed by atoms with Crippen LogP contribution in [0.3, 0.4) is 0 Å². The maximum atomic E-state index is 5.92. The third kappa shape index (κ3) is 1.59. The summed E-state index contributed by atoms with van der Waals surface area (Å²) in [5.74, 6) is 4.28. The number of nitrogen functional groups attached to an aromatic ring is 1. The van der Waals surface area contributed by atoms with Gasteiger partial charge in [0.2, 0.25) is 0 Å². The van der Waals surface area contributed by atoms with E-state index in [-0.39, 0.29) is 0 Å². The van der Waals surface area contributed by atoms with Crippen molar-refractivity contribution < 1.29 is 0 Å². The smallest absolute Gasteiger partial charge is 0.183 e. The van der Waals surface area contributed by atoms with Crippen LogP contribution in [0.2, 0.25) is 0 Å². The number of fused-ring (bicyclic) bond motifs is 5. The van der Waals surface area contributed by atoms with Gasteiger partial charge in [0, 0.05) is 15.7 Å². The first-order valence-corrected chi connectivity index (χ1v) is 8.36. The molecule has 6 heteroatoms. The van der Waals surface area contributed by atoms with Gasteiger partial charge in [-0.2, -0.15) is 0 Å². The summed E-state index contributed by atoms with van der Waals surface area (Å²) in [5.41, 5.74) is 7.64. The first kappa shape index (κ1) is 12.1. The molecule has 0 spiro atoms. The van der Waals surface area contributed by atoms with Gasteiger partial charge in [0.15, 0.2) is 5.82 Å². The second-order valence-corrected chi connectivity index (χ2v) is 7.52. The van der Waals surface area contributed by atoms with Crippen LogP contribution in [0.5, 0.6) is 0 Å². The summed E-state index contributed by atoms with van der Waals surface area (Å²) in [7, 11) is 0. The summed E-state index contributed by atoms with van der Waals surface area (Å²) >= 11 is 3.59. The molecule has 0 radical (unpaired) electrons. The molecule has 1 heterocycles. The summed E-state index contributed by atoms with van der Waals surface area (Å²) in [4.78, 5) is 0. The fourth-order valence-corrected chi connectivity index (χ4v) is 5.32. The number of hydrogen-bond donors (Lipinski definition) is 1. The topological polar surface area (TPSA) is 69.6 Å². The number of benzene rings is 1. The Morgan fingerprint density at radius 2 is 1.95 bits per heavy atom. The van der Waals surface area contributed by atoms with Gasteiger partial charge in [0.25, 0.3) is 0 Å². The van der Waals surface area contributed by atoms with Crippen molar-refractivity contribution in [3.63, 3.8) is 0 Å². The Kier molecular flexibility index (Phi) is 2.35. The van der Waals surface area contributed by atoms with Crippen LogP contribution in [0.15, 0.2) is 22.7 Å². The molecule has 21 heavy (non-hydrogen) atoms. The molecular weight excluding hydrogens is 330 g/mol. The maximum Gasteiger partial charge on any atom is 0.183 e. The molecule has 1 aromatic heterocycles. The minimum absolute atomic E-state index is 0.509. The zero-order chi connectivity index (χ0) is 14.1. The van der Waals surface area contributed by atoms with Gasteiger partial charge in [-0.25, -0.2) is 4.68 Å². The summed E-state index contributed by atoms with van der Waals surface area (Å²) < 4.78 is 3.04. The second-order valence-electron chi connectivity index (χ2n) is 6.66. The molecule has 108 valence electrons. The molecule has 4 unspecified atom stereocenters. The van der Waals surface area contributed by atoms with Crippen LogP contribution in [-0.4, -0.2) is 20.2 Å². The van der Waals surface area contributed by atoms with Crippen molar-refractivity contribution in [1.29, 1.82) is 0 Å². The minimum Gasteiger partial charge on any atom is -0.399 e. The largest absolute Gasteiger partial charge is 0.399 e. The van der Waals surface area contributed by atoms with Crippen molar-refractivity contribution >= 4 is 21.6 Å². The molecule has 3 aliphatic rings. The van der Waals surface area contributed by atoms with Gasteiger partial charge < -0.3 is 5.73 Å². The van der Waals surface area contributed by atoms with Gasteiger partial charge in [-0.3, -0.25) is 0 Å². The van der Waals surface area contributed by atoms with Crippen molar-refractivity contribution in [2.75, 3.05) is 5.73 Å². The minimum atomic E-state index is 0.509. The average Bonchev–Trinajstić information content (AvgIpc) is 2.90. The number of nitrogens with zero attached hydrogens (tertiary/aromatic N) is 4. The van der Waals surface area contributed by atoms with Gasteiger partial charge >= 0.3 is 0 Å². The molecule has 0 saturated heterocycles. The molecule has 0 amide bonds. The van der Waals surface area contributed by atoms with E-state index in [9.17, 15) is 0 Å². The Hall–Kier alpha value is -1.43. The van der Waals surface area contributed by atoms with Crippen LogP contribution < -0.4 is 5.73 Å². The van der Waals surface area contributed by atoms with Crippen LogP contribution >= 0.6 is 15.9 Å². The Morgan fingerprint density at radius 1 is 1.19 bits per heavy atom. The second kappa shape index (κ2) is 4.06. The van der Waals surface area contributed by atoms with Crippen molar-refractivity contribution in [1.82, 2.24) is 20.2 Å². The fraction of sp³-hybridized carbons (Fsp3) is 0.533. The van der Waals surface area contributed by atoms with Crippen molar-refractivity contribution in [2.24, 2.45) is 23.7 Å². The number of hydrogen-bond acceptors (Lipinski definition) is 4. The van der Waals surface area contributed by atoms with Gasteiger partial charge in [0.1, 0.15) is 0 Å². The van der Waals surface area contributed by atoms with Gasteiger partial charge in [-0.05, 0) is 71.6 Å². The third-order valence-corrected chi connectivity index (χ3v) is 6.39. The van der Waals surface area contributed by atoms with Crippen molar-refractivity contribution in [2.45, 2.75) is 25.3 Å². The lowest BCUT2D eigenvalue weighted by atomic mass is 10.0. The van der Waals surface area contributed by atoms with Gasteiger partial charge in [-0.1, -0.05) is 15.9 Å². The summed E-state index contributed by atoms with van der Waals surface area (Å²) in [6, 6.07) is 6.29. The number of halogens is 1. The number of aromatic nitrogens is 4. The highest BCUT2D eigenvalue weighted by molar-refractivity contribution is 9.10. The monoisotopic (exact) mass is 345 g/mol. The van der Waals surface area contributed by atoms with Crippen LogP contribution in [0, 0.1) is 23.7 Å². The molecule has 1 aromatic carbocycles. The van der Waals surface area contributed by atoms with Crippen LogP contribution in [-0.2, 0) is 0 Å². The molecule has 3 saturated carbocycles. The van der Waals surface area contributed by atoms with Gasteiger partial charge in [0.05, 0.1) is 6.04 Å². The molecular formula is C15H16BrN5.